The second-order valence-corrected chi connectivity index (χ2v) is 3.81. The lowest BCUT2D eigenvalue weighted by Crippen LogP contribution is -1.98. The molecule has 1 atom stereocenters. The molecule has 0 nitrogen and oxygen atoms in total. The molecule has 3 heteroatoms. The Morgan fingerprint density at radius 3 is 2.89 bits per heavy atom. The number of hydrogen-bond donors (Lipinski definition) is 0. The maximum Gasteiger partial charge on any atom is 0.121 e. The van der Waals surface area contributed by atoms with E-state index >= 15 is 0 Å². The molecule has 0 saturated heterocycles. The molecule has 0 aromatic rings. The average Bonchev–Trinajstić information content (AvgIpc) is 1.59. The van der Waals surface area contributed by atoms with Gasteiger partial charge in [-0.05, 0) is 44.7 Å². The molecule has 0 aromatic carbocycles. The van der Waals surface area contributed by atoms with Crippen LogP contribution >= 0.6 is 34.2 Å². The van der Waals surface area contributed by atoms with Crippen molar-refractivity contribution in [1.82, 2.24) is 0 Å². The van der Waals surface area contributed by atoms with Gasteiger partial charge in [0, 0.05) is 0 Å². The largest absolute Gasteiger partial charge is 0.207 e. The molecule has 50 valence electrons. The monoisotopic (exact) mass is 258 g/mol. The highest BCUT2D eigenvalue weighted by Crippen LogP contribution is 2.26. The number of halogens is 3. The van der Waals surface area contributed by atoms with E-state index in [-0.39, 0.29) is 11.2 Å². The highest BCUT2D eigenvalue weighted by atomic mass is 127. The van der Waals surface area contributed by atoms with Gasteiger partial charge in [-0.15, -0.1) is 11.6 Å². The van der Waals surface area contributed by atoms with E-state index in [1.807, 2.05) is 0 Å². The van der Waals surface area contributed by atoms with Gasteiger partial charge in [-0.1, -0.05) is 0 Å². The van der Waals surface area contributed by atoms with Crippen molar-refractivity contribution in [2.75, 3.05) is 0 Å². The fraction of sp³-hybridized carbons (Fsp3) is 0.333. The smallest absolute Gasteiger partial charge is 0.121 e. The standard InChI is InChI=1S/C6H5ClFI/c7-4-1-5(8)3-6(9)2-4/h1,3-4H,2H2. The van der Waals surface area contributed by atoms with Crippen molar-refractivity contribution in [2.45, 2.75) is 11.8 Å². The van der Waals surface area contributed by atoms with Crippen LogP contribution in [0.25, 0.3) is 0 Å². The Morgan fingerprint density at radius 2 is 2.44 bits per heavy atom. The van der Waals surface area contributed by atoms with Gasteiger partial charge in [0.2, 0.25) is 0 Å². The molecule has 0 aromatic heterocycles. The zero-order valence-electron chi connectivity index (χ0n) is 4.57. The summed E-state index contributed by atoms with van der Waals surface area (Å²) < 4.78 is 13.4. The van der Waals surface area contributed by atoms with Crippen LogP contribution in [0.1, 0.15) is 6.42 Å². The van der Waals surface area contributed by atoms with Crippen LogP contribution in [0.3, 0.4) is 0 Å². The van der Waals surface area contributed by atoms with Crippen LogP contribution in [0.15, 0.2) is 21.6 Å². The second kappa shape index (κ2) is 3.01. The van der Waals surface area contributed by atoms with Crippen molar-refractivity contribution >= 4 is 34.2 Å². The minimum Gasteiger partial charge on any atom is -0.207 e. The Kier molecular flexibility index (Phi) is 2.52. The summed E-state index contributed by atoms with van der Waals surface area (Å²) in [6.07, 6.45) is 3.68. The SMILES string of the molecule is FC1=CC(Cl)CC(I)=C1. The molecular weight excluding hydrogens is 253 g/mol. The van der Waals surface area contributed by atoms with Gasteiger partial charge in [-0.2, -0.15) is 0 Å². The summed E-state index contributed by atoms with van der Waals surface area (Å²) in [4.78, 5) is 0. The summed E-state index contributed by atoms with van der Waals surface area (Å²) in [6.45, 7) is 0. The zero-order valence-corrected chi connectivity index (χ0v) is 7.49. The van der Waals surface area contributed by atoms with Crippen molar-refractivity contribution in [2.24, 2.45) is 0 Å². The number of allylic oxidation sites excluding steroid dienone is 4. The predicted octanol–water partition coefficient (Wildman–Crippen LogP) is 3.17. The molecule has 0 spiro atoms. The molecule has 0 bridgehead atoms. The Hall–Kier alpha value is 0.430. The number of rotatable bonds is 0. The van der Waals surface area contributed by atoms with E-state index in [4.69, 9.17) is 11.6 Å². The molecule has 0 aliphatic heterocycles. The van der Waals surface area contributed by atoms with Gasteiger partial charge in [-0.3, -0.25) is 0 Å². The van der Waals surface area contributed by atoms with E-state index in [0.717, 1.165) is 10.0 Å². The van der Waals surface area contributed by atoms with E-state index in [0.29, 0.717) is 0 Å². The van der Waals surface area contributed by atoms with E-state index in [1.165, 1.54) is 12.2 Å². The molecule has 1 rings (SSSR count). The Labute approximate surface area is 71.9 Å². The highest BCUT2D eigenvalue weighted by molar-refractivity contribution is 14.1. The average molecular weight is 258 g/mol. The van der Waals surface area contributed by atoms with Crippen LogP contribution in [-0.4, -0.2) is 5.38 Å². The molecule has 0 fully saturated rings. The summed E-state index contributed by atoms with van der Waals surface area (Å²) >= 11 is 7.73. The van der Waals surface area contributed by atoms with E-state index in [1.54, 1.807) is 0 Å². The van der Waals surface area contributed by atoms with Crippen molar-refractivity contribution < 1.29 is 4.39 Å². The van der Waals surface area contributed by atoms with E-state index in [9.17, 15) is 4.39 Å². The lowest BCUT2D eigenvalue weighted by atomic mass is 10.2. The molecule has 0 saturated carbocycles. The summed E-state index contributed by atoms with van der Waals surface area (Å²) in [5.41, 5.74) is 0. The summed E-state index contributed by atoms with van der Waals surface area (Å²) in [7, 11) is 0. The van der Waals surface area contributed by atoms with Crippen LogP contribution in [0, 0.1) is 0 Å². The lowest BCUT2D eigenvalue weighted by Gasteiger charge is -2.07. The van der Waals surface area contributed by atoms with Crippen molar-refractivity contribution in [3.8, 4) is 0 Å². The molecular formula is C6H5ClFI. The van der Waals surface area contributed by atoms with Gasteiger partial charge in [0.05, 0.1) is 5.38 Å². The Balaban J connectivity index is 2.74. The van der Waals surface area contributed by atoms with Crippen LogP contribution in [-0.2, 0) is 0 Å². The Morgan fingerprint density at radius 1 is 1.78 bits per heavy atom. The van der Waals surface area contributed by atoms with Gasteiger partial charge < -0.3 is 0 Å². The van der Waals surface area contributed by atoms with Gasteiger partial charge in [-0.25, -0.2) is 4.39 Å². The molecule has 9 heavy (non-hydrogen) atoms. The van der Waals surface area contributed by atoms with Gasteiger partial charge in [0.15, 0.2) is 0 Å². The van der Waals surface area contributed by atoms with Gasteiger partial charge >= 0.3 is 0 Å². The van der Waals surface area contributed by atoms with Crippen LogP contribution < -0.4 is 0 Å². The highest BCUT2D eigenvalue weighted by Gasteiger charge is 2.09. The van der Waals surface area contributed by atoms with Gasteiger partial charge in [0.25, 0.3) is 0 Å². The number of hydrogen-bond acceptors (Lipinski definition) is 0. The topological polar surface area (TPSA) is 0 Å². The fourth-order valence-electron chi connectivity index (χ4n) is 0.675. The molecule has 1 unspecified atom stereocenters. The quantitative estimate of drug-likeness (QED) is 0.462. The molecule has 0 radical (unpaired) electrons. The first-order valence-corrected chi connectivity index (χ1v) is 4.07. The molecule has 1 aliphatic carbocycles. The Bertz CT molecular complexity index is 174. The first kappa shape index (κ1) is 7.54. The summed E-state index contributed by atoms with van der Waals surface area (Å²) in [5.74, 6) is -0.217. The maximum atomic E-state index is 12.4. The van der Waals surface area contributed by atoms with E-state index in [2.05, 4.69) is 22.6 Å². The van der Waals surface area contributed by atoms with Gasteiger partial charge in [0.1, 0.15) is 5.83 Å². The zero-order chi connectivity index (χ0) is 6.85. The van der Waals surface area contributed by atoms with E-state index < -0.39 is 0 Å². The second-order valence-electron chi connectivity index (χ2n) is 1.86. The first-order chi connectivity index (χ1) is 4.18. The van der Waals surface area contributed by atoms with Crippen molar-refractivity contribution in [3.63, 3.8) is 0 Å². The first-order valence-electron chi connectivity index (χ1n) is 2.56. The minimum absolute atomic E-state index is 0.151. The third-order valence-electron chi connectivity index (χ3n) is 1.02. The van der Waals surface area contributed by atoms with Crippen molar-refractivity contribution in [3.05, 3.63) is 21.6 Å². The maximum absolute atomic E-state index is 12.4. The third kappa shape index (κ3) is 2.26. The van der Waals surface area contributed by atoms with Crippen LogP contribution in [0.5, 0.6) is 0 Å². The summed E-state index contributed by atoms with van der Waals surface area (Å²) in [5, 5.41) is -0.151. The molecule has 0 N–H and O–H groups in total. The normalized spacial score (nSPS) is 27.2. The lowest BCUT2D eigenvalue weighted by molar-refractivity contribution is 0.653. The molecule has 0 heterocycles. The fourth-order valence-corrected chi connectivity index (χ4v) is 1.99. The van der Waals surface area contributed by atoms with Crippen LogP contribution in [0.2, 0.25) is 0 Å². The third-order valence-corrected chi connectivity index (χ3v) is 2.06. The summed E-state index contributed by atoms with van der Waals surface area (Å²) in [6, 6.07) is 0. The predicted molar refractivity (Wildman–Crippen MR) is 45.6 cm³/mol. The van der Waals surface area contributed by atoms with Crippen LogP contribution in [0.4, 0.5) is 4.39 Å². The molecule has 0 amide bonds. The van der Waals surface area contributed by atoms with Crippen molar-refractivity contribution in [1.29, 1.82) is 0 Å². The molecule has 1 aliphatic rings. The number of alkyl halides is 1. The minimum atomic E-state index is -0.217.